The number of imidazole rings is 1. The zero-order valence-corrected chi connectivity index (χ0v) is 35.6. The number of pyridine rings is 2. The first kappa shape index (κ1) is 44.3. The van der Waals surface area contributed by atoms with Crippen LogP contribution in [0.3, 0.4) is 0 Å². The van der Waals surface area contributed by atoms with Gasteiger partial charge in [-0.05, 0) is 102 Å². The van der Waals surface area contributed by atoms with Crippen molar-refractivity contribution >= 4 is 52.2 Å². The summed E-state index contributed by atoms with van der Waals surface area (Å²) >= 11 is 0. The highest BCUT2D eigenvalue weighted by atomic mass is 16.6. The lowest BCUT2D eigenvalue weighted by molar-refractivity contribution is 0.0428. The number of rotatable bonds is 8. The van der Waals surface area contributed by atoms with E-state index in [2.05, 4.69) is 25.6 Å². The van der Waals surface area contributed by atoms with E-state index in [0.29, 0.717) is 59.7 Å². The number of nitrogens with zero attached hydrogens (tertiary/aromatic N) is 5. The third kappa shape index (κ3) is 10.1. The minimum atomic E-state index is -0.977. The maximum absolute atomic E-state index is 14.5. The molecule has 1 aliphatic rings. The highest BCUT2D eigenvalue weighted by Crippen LogP contribution is 2.40. The van der Waals surface area contributed by atoms with E-state index < -0.39 is 41.2 Å². The summed E-state index contributed by atoms with van der Waals surface area (Å²) < 4.78 is 24.2. The third-order valence-corrected chi connectivity index (χ3v) is 8.61. The smallest absolute Gasteiger partial charge is 0.425 e. The lowest BCUT2D eigenvalue weighted by atomic mass is 9.94. The van der Waals surface area contributed by atoms with Crippen molar-refractivity contribution in [2.24, 2.45) is 0 Å². The molecule has 16 nitrogen and oxygen atoms in total. The molecule has 4 amide bonds. The fourth-order valence-electron chi connectivity index (χ4n) is 6.14. The van der Waals surface area contributed by atoms with Gasteiger partial charge in [-0.2, -0.15) is 4.90 Å². The van der Waals surface area contributed by atoms with Crippen molar-refractivity contribution in [1.82, 2.24) is 24.8 Å². The second-order valence-electron chi connectivity index (χ2n) is 15.3. The SMILES string of the molecule is CC.CCCNC(=O)c1ccc(-c2cc3c(cc2C(=O)Nc2ccc4c(N(C(=O)OC(C)(C)C)C(=O)OC(C)(C)C)nccc4c2)-c2nccn2CCO3)c(C(=O)OC)n1. The molecule has 0 bridgehead atoms. The van der Waals surface area contributed by atoms with Crippen LogP contribution in [0.4, 0.5) is 21.1 Å². The molecule has 0 aliphatic carbocycles. The number of fused-ring (bicyclic) bond motifs is 4. The number of nitrogens with one attached hydrogen (secondary N) is 2. The van der Waals surface area contributed by atoms with Crippen LogP contribution in [0.5, 0.6) is 5.75 Å². The topological polar surface area (TPSA) is 193 Å². The van der Waals surface area contributed by atoms with Crippen molar-refractivity contribution in [3.05, 3.63) is 84.1 Å². The minimum absolute atomic E-state index is 0.00133. The predicted molar refractivity (Wildman–Crippen MR) is 226 cm³/mol. The Bertz CT molecular complexity index is 2400. The van der Waals surface area contributed by atoms with Crippen LogP contribution >= 0.6 is 0 Å². The van der Waals surface area contributed by atoms with E-state index in [0.717, 1.165) is 4.90 Å². The van der Waals surface area contributed by atoms with Crippen LogP contribution in [0.15, 0.2) is 67.1 Å². The van der Waals surface area contributed by atoms with Crippen molar-refractivity contribution in [2.45, 2.75) is 86.5 Å². The fraction of sp³-hybridized carbons (Fsp3) is 0.364. The van der Waals surface area contributed by atoms with E-state index in [-0.39, 0.29) is 33.9 Å². The first-order valence-electron chi connectivity index (χ1n) is 19.6. The molecule has 0 unspecified atom stereocenters. The Labute approximate surface area is 348 Å². The second kappa shape index (κ2) is 18.4. The molecule has 0 saturated heterocycles. The average molecular weight is 822 g/mol. The highest BCUT2D eigenvalue weighted by molar-refractivity contribution is 6.15. The molecular formula is C44H51N7O9. The summed E-state index contributed by atoms with van der Waals surface area (Å²) in [6.07, 6.45) is 3.64. The molecular weight excluding hydrogens is 771 g/mol. The van der Waals surface area contributed by atoms with Crippen LogP contribution in [-0.2, 0) is 20.8 Å². The zero-order valence-electron chi connectivity index (χ0n) is 35.6. The number of benzene rings is 2. The van der Waals surface area contributed by atoms with Crippen LogP contribution in [0.25, 0.3) is 33.3 Å². The number of esters is 1. The summed E-state index contributed by atoms with van der Waals surface area (Å²) in [6.45, 7) is 17.2. The van der Waals surface area contributed by atoms with Crippen LogP contribution in [0.1, 0.15) is 100 Å². The van der Waals surface area contributed by atoms with Crippen LogP contribution in [0, 0.1) is 0 Å². The molecule has 0 radical (unpaired) electrons. The van der Waals surface area contributed by atoms with Gasteiger partial charge >= 0.3 is 18.2 Å². The molecule has 6 rings (SSSR count). The molecule has 4 heterocycles. The Hall–Kier alpha value is -6.84. The first-order chi connectivity index (χ1) is 28.5. The number of methoxy groups -OCH3 is 1. The number of amides is 4. The number of carbonyl (C=O) groups is 5. The normalized spacial score (nSPS) is 12.0. The maximum atomic E-state index is 14.5. The molecule has 0 spiro atoms. The number of hydrogen-bond donors (Lipinski definition) is 2. The quantitative estimate of drug-likeness (QED) is 0.112. The van der Waals surface area contributed by atoms with Gasteiger partial charge in [-0.15, -0.1) is 0 Å². The minimum Gasteiger partial charge on any atom is -0.491 e. The Balaban J connectivity index is 0.00000336. The largest absolute Gasteiger partial charge is 0.491 e. The van der Waals surface area contributed by atoms with Crippen LogP contribution in [0.2, 0.25) is 0 Å². The Morgan fingerprint density at radius 2 is 1.53 bits per heavy atom. The molecule has 2 N–H and O–H groups in total. The van der Waals surface area contributed by atoms with Gasteiger partial charge in [0.05, 0.1) is 19.2 Å². The molecule has 60 heavy (non-hydrogen) atoms. The van der Waals surface area contributed by atoms with Crippen molar-refractivity contribution in [2.75, 3.05) is 30.5 Å². The summed E-state index contributed by atoms with van der Waals surface area (Å²) in [5.74, 6) is -0.891. The van der Waals surface area contributed by atoms with Crippen molar-refractivity contribution in [1.29, 1.82) is 0 Å². The Morgan fingerprint density at radius 3 is 2.18 bits per heavy atom. The number of imide groups is 1. The van der Waals surface area contributed by atoms with Gasteiger partial charge in [0.15, 0.2) is 11.5 Å². The number of aromatic nitrogens is 4. The number of anilines is 2. The zero-order chi connectivity index (χ0) is 43.9. The summed E-state index contributed by atoms with van der Waals surface area (Å²) in [7, 11) is 1.20. The molecule has 316 valence electrons. The van der Waals surface area contributed by atoms with Gasteiger partial charge in [-0.3, -0.25) is 9.59 Å². The van der Waals surface area contributed by atoms with E-state index in [1.807, 2.05) is 31.5 Å². The summed E-state index contributed by atoms with van der Waals surface area (Å²) in [5, 5.41) is 6.62. The lowest BCUT2D eigenvalue weighted by Crippen LogP contribution is -2.44. The van der Waals surface area contributed by atoms with Crippen LogP contribution in [-0.4, -0.2) is 81.0 Å². The molecule has 2 aromatic carbocycles. The van der Waals surface area contributed by atoms with E-state index in [1.165, 1.54) is 19.4 Å². The van der Waals surface area contributed by atoms with E-state index >= 15 is 0 Å². The van der Waals surface area contributed by atoms with Gasteiger partial charge < -0.3 is 34.1 Å². The average Bonchev–Trinajstić information content (AvgIpc) is 3.59. The van der Waals surface area contributed by atoms with Gasteiger partial charge in [0.25, 0.3) is 11.8 Å². The monoisotopic (exact) mass is 821 g/mol. The van der Waals surface area contributed by atoms with Crippen LogP contribution < -0.4 is 20.3 Å². The Morgan fingerprint density at radius 1 is 0.833 bits per heavy atom. The standard InChI is InChI=1S/C42H45N7O9.C2H6/c1-9-15-45-37(51)31-13-12-27(33(47-31)38(52)55-8)28-23-32-30(34-44-17-18-48(34)19-20-56-32)22-29(28)36(50)46-25-10-11-26-24(21-25)14-16-43-35(26)49(39(53)57-41(2,3)4)40(54)58-42(5,6)7;1-2/h10-14,16-18,21-23H,9,15,19-20H2,1-8H3,(H,45,51)(H,46,50);1-2H3. The van der Waals surface area contributed by atoms with Gasteiger partial charge in [0.2, 0.25) is 0 Å². The molecule has 0 atom stereocenters. The number of ether oxygens (including phenoxy) is 4. The van der Waals surface area contributed by atoms with E-state index in [9.17, 15) is 24.0 Å². The maximum Gasteiger partial charge on any atom is 0.425 e. The fourth-order valence-corrected chi connectivity index (χ4v) is 6.14. The van der Waals surface area contributed by atoms with Gasteiger partial charge in [-0.1, -0.05) is 20.8 Å². The van der Waals surface area contributed by atoms with E-state index in [4.69, 9.17) is 18.9 Å². The molecule has 3 aromatic heterocycles. The third-order valence-electron chi connectivity index (χ3n) is 8.61. The molecule has 5 aromatic rings. The van der Waals surface area contributed by atoms with Crippen molar-refractivity contribution < 1.29 is 42.9 Å². The van der Waals surface area contributed by atoms with Gasteiger partial charge in [0.1, 0.15) is 35.1 Å². The molecule has 0 saturated carbocycles. The molecule has 0 fully saturated rings. The van der Waals surface area contributed by atoms with Gasteiger partial charge in [-0.25, -0.2) is 29.3 Å². The van der Waals surface area contributed by atoms with Crippen molar-refractivity contribution in [3.63, 3.8) is 0 Å². The van der Waals surface area contributed by atoms with Crippen molar-refractivity contribution in [3.8, 4) is 28.3 Å². The molecule has 1 aliphatic heterocycles. The Kier molecular flexibility index (Phi) is 13.6. The predicted octanol–water partition coefficient (Wildman–Crippen LogP) is 8.43. The second-order valence-corrected chi connectivity index (χ2v) is 15.3. The summed E-state index contributed by atoms with van der Waals surface area (Å²) in [6, 6.07) is 12.8. The first-order valence-corrected chi connectivity index (χ1v) is 19.6. The summed E-state index contributed by atoms with van der Waals surface area (Å²) in [5.41, 5.74) is -0.521. The number of carbonyl (C=O) groups excluding carboxylic acids is 5. The number of hydrogen-bond acceptors (Lipinski definition) is 12. The summed E-state index contributed by atoms with van der Waals surface area (Å²) in [4.78, 5) is 81.5. The molecule has 16 heteroatoms. The lowest BCUT2D eigenvalue weighted by Gasteiger charge is -2.28. The van der Waals surface area contributed by atoms with Gasteiger partial charge in [0, 0.05) is 52.9 Å². The highest BCUT2D eigenvalue weighted by Gasteiger charge is 2.35. The van der Waals surface area contributed by atoms with E-state index in [1.54, 1.807) is 90.2 Å².